The molecule has 0 radical (unpaired) electrons. The maximum absolute atomic E-state index is 13.9. The lowest BCUT2D eigenvalue weighted by Gasteiger charge is -2.48. The van der Waals surface area contributed by atoms with Crippen molar-refractivity contribution in [3.8, 4) is 0 Å². The van der Waals surface area contributed by atoms with Crippen molar-refractivity contribution in [1.29, 1.82) is 0 Å². The van der Waals surface area contributed by atoms with E-state index in [4.69, 9.17) is 5.11 Å². The molecule has 0 bridgehead atoms. The molecule has 0 aliphatic carbocycles. The number of hydrogen-bond acceptors (Lipinski definition) is 3. The van der Waals surface area contributed by atoms with Crippen LogP contribution in [0.15, 0.2) is 18.2 Å². The third kappa shape index (κ3) is 3.66. The second-order valence-electron chi connectivity index (χ2n) is 6.99. The number of β-amino-alcohol motifs (C(OH)–C–C–N with tert-alkyl or cyclic N) is 1. The number of halogens is 2. The van der Waals surface area contributed by atoms with Crippen LogP contribution in [-0.2, 0) is 4.79 Å². The van der Waals surface area contributed by atoms with Gasteiger partial charge in [-0.2, -0.15) is 0 Å². The molecule has 2 aliphatic rings. The summed E-state index contributed by atoms with van der Waals surface area (Å²) in [5.74, 6) is -1.87. The van der Waals surface area contributed by atoms with E-state index in [2.05, 4.69) is 0 Å². The first kappa shape index (κ1) is 17.8. The molecule has 3 rings (SSSR count). The van der Waals surface area contributed by atoms with Gasteiger partial charge in [0.2, 0.25) is 5.91 Å². The predicted molar refractivity (Wildman–Crippen MR) is 86.8 cm³/mol. The normalized spacial score (nSPS) is 24.0. The molecule has 0 aromatic heterocycles. The minimum atomic E-state index is -0.730. The first-order valence-electron chi connectivity index (χ1n) is 8.57. The second kappa shape index (κ2) is 7.07. The van der Waals surface area contributed by atoms with Gasteiger partial charge in [0.25, 0.3) is 5.91 Å². The second-order valence-corrected chi connectivity index (χ2v) is 6.99. The number of aliphatic hydroxyl groups is 1. The number of aliphatic hydroxyl groups excluding tert-OH is 1. The van der Waals surface area contributed by atoms with Crippen LogP contribution in [-0.4, -0.2) is 59.5 Å². The Morgan fingerprint density at radius 3 is 2.80 bits per heavy atom. The Labute approximate surface area is 145 Å². The summed E-state index contributed by atoms with van der Waals surface area (Å²) in [6, 6.07) is 2.88. The lowest BCUT2D eigenvalue weighted by atomic mass is 9.73. The Kier molecular flexibility index (Phi) is 5.03. The van der Waals surface area contributed by atoms with Gasteiger partial charge in [0.05, 0.1) is 12.2 Å². The van der Waals surface area contributed by atoms with Crippen molar-refractivity contribution in [2.24, 2.45) is 5.41 Å². The van der Waals surface area contributed by atoms with Crippen LogP contribution in [0.25, 0.3) is 0 Å². The van der Waals surface area contributed by atoms with Crippen molar-refractivity contribution in [2.75, 3.05) is 32.8 Å². The Bertz CT molecular complexity index is 682. The van der Waals surface area contributed by atoms with Crippen LogP contribution in [0.5, 0.6) is 0 Å². The highest BCUT2D eigenvalue weighted by molar-refractivity contribution is 5.94. The number of piperidine rings is 2. The summed E-state index contributed by atoms with van der Waals surface area (Å²) in [5.41, 5.74) is -0.489. The molecule has 1 aromatic carbocycles. The van der Waals surface area contributed by atoms with Gasteiger partial charge in [-0.15, -0.1) is 0 Å². The quantitative estimate of drug-likeness (QED) is 0.902. The highest BCUT2D eigenvalue weighted by Gasteiger charge is 2.42. The summed E-state index contributed by atoms with van der Waals surface area (Å²) in [5, 5.41) is 9.13. The van der Waals surface area contributed by atoms with Crippen molar-refractivity contribution in [1.82, 2.24) is 9.80 Å². The summed E-state index contributed by atoms with van der Waals surface area (Å²) in [7, 11) is 0. The van der Waals surface area contributed by atoms with Gasteiger partial charge in [-0.05, 0) is 37.5 Å². The fourth-order valence-electron chi connectivity index (χ4n) is 3.97. The number of hydrogen-bond donors (Lipinski definition) is 1. The van der Waals surface area contributed by atoms with Crippen LogP contribution >= 0.6 is 0 Å². The summed E-state index contributed by atoms with van der Waals surface area (Å²) >= 11 is 0. The van der Waals surface area contributed by atoms with E-state index >= 15 is 0 Å². The smallest absolute Gasteiger partial charge is 0.256 e. The molecule has 2 aliphatic heterocycles. The molecule has 0 saturated carbocycles. The van der Waals surface area contributed by atoms with Gasteiger partial charge in [0.15, 0.2) is 0 Å². The van der Waals surface area contributed by atoms with Gasteiger partial charge >= 0.3 is 0 Å². The molecule has 1 spiro atoms. The number of carbonyl (C=O) groups is 2. The monoisotopic (exact) mass is 352 g/mol. The molecule has 5 nitrogen and oxygen atoms in total. The van der Waals surface area contributed by atoms with Crippen LogP contribution in [0.4, 0.5) is 8.78 Å². The molecular weight excluding hydrogens is 330 g/mol. The first-order valence-corrected chi connectivity index (χ1v) is 8.57. The topological polar surface area (TPSA) is 60.9 Å². The molecule has 1 aromatic rings. The molecular formula is C18H22F2N2O3. The maximum Gasteiger partial charge on any atom is 0.256 e. The van der Waals surface area contributed by atoms with E-state index in [-0.39, 0.29) is 30.0 Å². The highest BCUT2D eigenvalue weighted by Crippen LogP contribution is 2.39. The van der Waals surface area contributed by atoms with E-state index in [0.717, 1.165) is 31.0 Å². The van der Waals surface area contributed by atoms with E-state index in [0.29, 0.717) is 32.5 Å². The predicted octanol–water partition coefficient (Wildman–Crippen LogP) is 1.80. The minimum absolute atomic E-state index is 0.0132. The van der Waals surface area contributed by atoms with E-state index in [1.807, 2.05) is 0 Å². The molecule has 1 N–H and O–H groups in total. The van der Waals surface area contributed by atoms with E-state index in [1.54, 1.807) is 9.80 Å². The van der Waals surface area contributed by atoms with Crippen LogP contribution in [0.2, 0.25) is 0 Å². The summed E-state index contributed by atoms with van der Waals surface area (Å²) < 4.78 is 27.3. The third-order valence-corrected chi connectivity index (χ3v) is 5.23. The van der Waals surface area contributed by atoms with E-state index in [1.165, 1.54) is 0 Å². The number of likely N-dealkylation sites (tertiary alicyclic amines) is 2. The van der Waals surface area contributed by atoms with Gasteiger partial charge in [-0.3, -0.25) is 9.59 Å². The van der Waals surface area contributed by atoms with Gasteiger partial charge < -0.3 is 14.9 Å². The maximum atomic E-state index is 13.9. The summed E-state index contributed by atoms with van der Waals surface area (Å²) in [6.45, 7) is 1.58. The first-order chi connectivity index (χ1) is 11.9. The molecule has 2 amide bonds. The van der Waals surface area contributed by atoms with Crippen LogP contribution in [0, 0.1) is 17.0 Å². The number of carbonyl (C=O) groups excluding carboxylic acids is 2. The van der Waals surface area contributed by atoms with Crippen LogP contribution in [0.3, 0.4) is 0 Å². The zero-order chi connectivity index (χ0) is 18.0. The Hall–Kier alpha value is -2.02. The van der Waals surface area contributed by atoms with Crippen molar-refractivity contribution in [3.63, 3.8) is 0 Å². The number of rotatable bonds is 3. The zero-order valence-electron chi connectivity index (χ0n) is 14.0. The minimum Gasteiger partial charge on any atom is -0.395 e. The molecule has 25 heavy (non-hydrogen) atoms. The van der Waals surface area contributed by atoms with Crippen molar-refractivity contribution >= 4 is 11.8 Å². The number of amides is 2. The van der Waals surface area contributed by atoms with Crippen molar-refractivity contribution in [3.05, 3.63) is 35.4 Å². The average Bonchev–Trinajstić information content (AvgIpc) is 2.60. The molecule has 2 fully saturated rings. The fraction of sp³-hybridized carbons (Fsp3) is 0.556. The molecule has 0 unspecified atom stereocenters. The largest absolute Gasteiger partial charge is 0.395 e. The summed E-state index contributed by atoms with van der Waals surface area (Å²) in [4.78, 5) is 27.8. The lowest BCUT2D eigenvalue weighted by molar-refractivity contribution is -0.139. The Morgan fingerprint density at radius 1 is 1.24 bits per heavy atom. The fourth-order valence-corrected chi connectivity index (χ4v) is 3.97. The lowest BCUT2D eigenvalue weighted by Crippen LogP contribution is -2.55. The van der Waals surface area contributed by atoms with Crippen LogP contribution in [0.1, 0.15) is 36.0 Å². The summed E-state index contributed by atoms with van der Waals surface area (Å²) in [6.07, 6.45) is 2.68. The SMILES string of the molecule is O=C1CC[C@@]2(CCCN(C(=O)c3cc(F)ccc3F)C2)CN1CCO. The molecule has 7 heteroatoms. The van der Waals surface area contributed by atoms with Crippen molar-refractivity contribution < 1.29 is 23.5 Å². The van der Waals surface area contributed by atoms with Gasteiger partial charge in [0.1, 0.15) is 11.6 Å². The molecule has 1 atom stereocenters. The van der Waals surface area contributed by atoms with Crippen LogP contribution < -0.4 is 0 Å². The molecule has 2 heterocycles. The zero-order valence-corrected chi connectivity index (χ0v) is 14.0. The Balaban J connectivity index is 1.77. The molecule has 136 valence electrons. The number of benzene rings is 1. The third-order valence-electron chi connectivity index (χ3n) is 5.23. The average molecular weight is 352 g/mol. The molecule has 2 saturated heterocycles. The van der Waals surface area contributed by atoms with Crippen molar-refractivity contribution in [2.45, 2.75) is 25.7 Å². The number of nitrogens with zero attached hydrogens (tertiary/aromatic N) is 2. The van der Waals surface area contributed by atoms with E-state index in [9.17, 15) is 18.4 Å². The van der Waals surface area contributed by atoms with Gasteiger partial charge in [0, 0.05) is 38.0 Å². The standard InChI is InChI=1S/C18H22F2N2O3/c19-13-2-3-15(20)14(10-13)17(25)22-7-1-5-18(12-22)6-4-16(24)21(11-18)8-9-23/h2-3,10,23H,1,4-9,11-12H2/t18-/m0/s1. The van der Waals surface area contributed by atoms with Gasteiger partial charge in [-0.1, -0.05) is 0 Å². The van der Waals surface area contributed by atoms with Gasteiger partial charge in [-0.25, -0.2) is 8.78 Å². The van der Waals surface area contributed by atoms with E-state index < -0.39 is 17.5 Å². The Morgan fingerprint density at radius 2 is 2.04 bits per heavy atom. The highest BCUT2D eigenvalue weighted by atomic mass is 19.1.